The first-order valence-electron chi connectivity index (χ1n) is 7.25. The van der Waals surface area contributed by atoms with Gasteiger partial charge in [0.15, 0.2) is 0 Å². The highest BCUT2D eigenvalue weighted by molar-refractivity contribution is 6.18. The Labute approximate surface area is 121 Å². The van der Waals surface area contributed by atoms with E-state index in [1.807, 2.05) is 18.2 Å². The Morgan fingerprint density at radius 1 is 1.05 bits per heavy atom. The maximum absolute atomic E-state index is 6.71. The largest absolute Gasteiger partial charge is 0.256 e. The Balaban J connectivity index is 1.91. The molecule has 0 N–H and O–H groups in total. The number of hydrogen-bond acceptors (Lipinski definition) is 1. The Morgan fingerprint density at radius 3 is 2.45 bits per heavy atom. The van der Waals surface area contributed by atoms with E-state index in [0.29, 0.717) is 0 Å². The summed E-state index contributed by atoms with van der Waals surface area (Å²) in [5.41, 5.74) is 5.21. The summed E-state index contributed by atoms with van der Waals surface area (Å²) in [6.45, 7) is 6.82. The SMILES string of the molecule is [B]C1(C)c2cc(-c3ccccc3)ncc2C2(C)CC12C. The van der Waals surface area contributed by atoms with Crippen molar-refractivity contribution in [2.24, 2.45) is 5.41 Å². The smallest absolute Gasteiger partial charge is 0.0814 e. The van der Waals surface area contributed by atoms with Crippen LogP contribution in [0.4, 0.5) is 0 Å². The van der Waals surface area contributed by atoms with E-state index in [4.69, 9.17) is 7.85 Å². The van der Waals surface area contributed by atoms with Gasteiger partial charge in [-0.1, -0.05) is 51.1 Å². The molecule has 0 aliphatic heterocycles. The fourth-order valence-corrected chi connectivity index (χ4v) is 4.20. The molecule has 2 aliphatic rings. The van der Waals surface area contributed by atoms with Crippen molar-refractivity contribution in [3.63, 3.8) is 0 Å². The lowest BCUT2D eigenvalue weighted by Gasteiger charge is -2.30. The molecule has 2 heteroatoms. The minimum Gasteiger partial charge on any atom is -0.256 e. The number of nitrogens with zero attached hydrogens (tertiary/aromatic N) is 1. The van der Waals surface area contributed by atoms with Gasteiger partial charge in [-0.25, -0.2) is 0 Å². The quantitative estimate of drug-likeness (QED) is 0.709. The summed E-state index contributed by atoms with van der Waals surface area (Å²) in [6.07, 6.45) is 3.23. The highest BCUT2D eigenvalue weighted by atomic mass is 14.8. The van der Waals surface area contributed by atoms with Crippen molar-refractivity contribution in [1.29, 1.82) is 0 Å². The molecule has 0 spiro atoms. The number of pyridine rings is 1. The third kappa shape index (κ3) is 1.19. The van der Waals surface area contributed by atoms with E-state index in [9.17, 15) is 0 Å². The summed E-state index contributed by atoms with van der Waals surface area (Å²) in [5, 5.41) is -0.260. The van der Waals surface area contributed by atoms with Crippen LogP contribution in [0.5, 0.6) is 0 Å². The van der Waals surface area contributed by atoms with Crippen LogP contribution in [0, 0.1) is 5.41 Å². The van der Waals surface area contributed by atoms with Gasteiger partial charge in [0.25, 0.3) is 0 Å². The van der Waals surface area contributed by atoms with E-state index >= 15 is 0 Å². The van der Waals surface area contributed by atoms with Crippen LogP contribution >= 0.6 is 0 Å². The molecule has 98 valence electrons. The van der Waals surface area contributed by atoms with Gasteiger partial charge in [0.05, 0.1) is 13.5 Å². The Kier molecular flexibility index (Phi) is 2.05. The second-order valence-corrected chi connectivity index (χ2v) is 7.02. The van der Waals surface area contributed by atoms with Gasteiger partial charge in [-0.3, -0.25) is 4.98 Å². The van der Waals surface area contributed by atoms with E-state index in [2.05, 4.69) is 50.2 Å². The molecule has 0 amide bonds. The van der Waals surface area contributed by atoms with E-state index in [-0.39, 0.29) is 16.1 Å². The van der Waals surface area contributed by atoms with Crippen LogP contribution < -0.4 is 0 Å². The van der Waals surface area contributed by atoms with Gasteiger partial charge in [0.2, 0.25) is 0 Å². The molecule has 1 heterocycles. The highest BCUT2D eigenvalue weighted by Crippen LogP contribution is 2.77. The molecule has 20 heavy (non-hydrogen) atoms. The lowest BCUT2D eigenvalue weighted by Crippen LogP contribution is -2.31. The average Bonchev–Trinajstić information content (AvgIpc) is 3.01. The van der Waals surface area contributed by atoms with Crippen LogP contribution in [0.3, 0.4) is 0 Å². The number of fused-ring (bicyclic) bond motifs is 3. The zero-order chi connectivity index (χ0) is 14.2. The first kappa shape index (κ1) is 12.2. The first-order valence-corrected chi connectivity index (χ1v) is 7.25. The summed E-state index contributed by atoms with van der Waals surface area (Å²) < 4.78 is 0. The maximum Gasteiger partial charge on any atom is 0.0814 e. The zero-order valence-corrected chi connectivity index (χ0v) is 12.3. The molecule has 2 radical (unpaired) electrons. The normalized spacial score (nSPS) is 37.4. The van der Waals surface area contributed by atoms with Crippen LogP contribution in [-0.4, -0.2) is 12.8 Å². The van der Waals surface area contributed by atoms with Crippen LogP contribution in [0.15, 0.2) is 42.6 Å². The van der Waals surface area contributed by atoms with E-state index < -0.39 is 0 Å². The molecule has 1 fully saturated rings. The summed E-state index contributed by atoms with van der Waals surface area (Å²) in [6, 6.07) is 12.5. The predicted octanol–water partition coefficient (Wildman–Crippen LogP) is 3.81. The van der Waals surface area contributed by atoms with E-state index in [0.717, 1.165) is 11.3 Å². The third-order valence-electron chi connectivity index (χ3n) is 6.07. The Bertz CT molecular complexity index is 707. The van der Waals surface area contributed by atoms with Crippen molar-refractivity contribution in [2.45, 2.75) is 37.9 Å². The average molecular weight is 259 g/mol. The number of aromatic nitrogens is 1. The number of hydrogen-bond donors (Lipinski definition) is 0. The van der Waals surface area contributed by atoms with Crippen LogP contribution in [0.2, 0.25) is 0 Å². The second kappa shape index (κ2) is 3.36. The van der Waals surface area contributed by atoms with E-state index in [1.54, 1.807) is 0 Å². The zero-order valence-electron chi connectivity index (χ0n) is 12.3. The summed E-state index contributed by atoms with van der Waals surface area (Å²) in [4.78, 5) is 4.68. The van der Waals surface area contributed by atoms with E-state index in [1.165, 1.54) is 17.5 Å². The van der Waals surface area contributed by atoms with Crippen molar-refractivity contribution in [1.82, 2.24) is 4.98 Å². The molecule has 3 atom stereocenters. The van der Waals surface area contributed by atoms with Gasteiger partial charge in [-0.05, 0) is 34.3 Å². The van der Waals surface area contributed by atoms with Gasteiger partial charge in [0, 0.05) is 17.2 Å². The minimum atomic E-state index is -0.260. The standard InChI is InChI=1S/C18H18BN/c1-16-11-17(16,2)18(3,19)13-9-15(20-10-14(13)16)12-7-5-4-6-8-12/h4-10H,11H2,1-3H3. The van der Waals surface area contributed by atoms with Gasteiger partial charge in [-0.15, -0.1) is 0 Å². The predicted molar refractivity (Wildman–Crippen MR) is 82.9 cm³/mol. The Hall–Kier alpha value is -1.57. The van der Waals surface area contributed by atoms with Gasteiger partial charge >= 0.3 is 0 Å². The van der Waals surface area contributed by atoms with Crippen molar-refractivity contribution in [3.05, 3.63) is 53.7 Å². The van der Waals surface area contributed by atoms with Crippen molar-refractivity contribution in [2.75, 3.05) is 0 Å². The molecule has 0 saturated heterocycles. The topological polar surface area (TPSA) is 12.9 Å². The molecule has 2 aromatic rings. The van der Waals surface area contributed by atoms with Gasteiger partial charge < -0.3 is 0 Å². The lowest BCUT2D eigenvalue weighted by molar-refractivity contribution is 0.393. The summed E-state index contributed by atoms with van der Waals surface area (Å²) in [7, 11) is 6.71. The minimum absolute atomic E-state index is 0.180. The molecule has 1 nitrogen and oxygen atoms in total. The molecule has 4 rings (SSSR count). The van der Waals surface area contributed by atoms with Crippen molar-refractivity contribution in [3.8, 4) is 11.3 Å². The van der Waals surface area contributed by atoms with Crippen molar-refractivity contribution < 1.29 is 0 Å². The molecule has 2 aliphatic carbocycles. The molecule has 1 aromatic carbocycles. The monoisotopic (exact) mass is 259 g/mol. The molecule has 1 aromatic heterocycles. The van der Waals surface area contributed by atoms with Crippen LogP contribution in [0.25, 0.3) is 11.3 Å². The number of rotatable bonds is 1. The summed E-state index contributed by atoms with van der Waals surface area (Å²) in [5.74, 6) is 0. The van der Waals surface area contributed by atoms with Gasteiger partial charge in [-0.2, -0.15) is 0 Å². The maximum atomic E-state index is 6.71. The van der Waals surface area contributed by atoms with Crippen LogP contribution in [0.1, 0.15) is 38.3 Å². The number of benzene rings is 1. The third-order valence-corrected chi connectivity index (χ3v) is 6.07. The first-order chi connectivity index (χ1) is 9.40. The molecule has 0 bridgehead atoms. The summed E-state index contributed by atoms with van der Waals surface area (Å²) >= 11 is 0. The fraction of sp³-hybridized carbons (Fsp3) is 0.389. The van der Waals surface area contributed by atoms with Crippen molar-refractivity contribution >= 4 is 7.85 Å². The Morgan fingerprint density at radius 2 is 1.75 bits per heavy atom. The second-order valence-electron chi connectivity index (χ2n) is 7.02. The lowest BCUT2D eigenvalue weighted by atomic mass is 9.58. The highest BCUT2D eigenvalue weighted by Gasteiger charge is 2.73. The van der Waals surface area contributed by atoms with Crippen LogP contribution in [-0.2, 0) is 10.7 Å². The van der Waals surface area contributed by atoms with Gasteiger partial charge in [0.1, 0.15) is 0 Å². The molecule has 3 unspecified atom stereocenters. The molecular formula is C18H18BN. The fourth-order valence-electron chi connectivity index (χ4n) is 4.20. The molecular weight excluding hydrogens is 241 g/mol. The molecule has 1 saturated carbocycles.